The molecule has 0 aromatic heterocycles. The molecule has 18 heteroatoms. The third-order valence-corrected chi connectivity index (χ3v) is 15.6. The first-order valence-electron chi connectivity index (χ1n) is 29.0. The predicted molar refractivity (Wildman–Crippen MR) is 303 cm³/mol. The second-order valence-electron chi connectivity index (χ2n) is 23.4. The Morgan fingerprint density at radius 1 is 0.744 bits per heavy atom. The quantitative estimate of drug-likeness (QED) is 0.0301. The molecule has 0 aromatic rings. The SMILES string of the molecule is C/C1=C\C=C\[C@H](C)[C@@H](O)C[C@H](O)[C@@H](C)[C@H](O)CC[C@H](C)[C@@H](O)C[C@@]2(O)O[C@@H](C[C@@H](OC(=O)CCCCC(C)C)C[C@H](O)C[C@@H](O)C[C@H](O)/C(C)=C/C=C/[C@@H](C)[C@H]([C@@H](C)CCC/C=C/CCCN=C(N)N)OC1=O)C[C@@H](O)[C@@H]2O. The number of fused-ring (bicyclic) bond motifs is 2. The number of aliphatic hydroxyl groups is 10. The Hall–Kier alpha value is -3.53. The summed E-state index contributed by atoms with van der Waals surface area (Å²) in [5.74, 6) is -4.91. The van der Waals surface area contributed by atoms with Gasteiger partial charge in [-0.15, -0.1) is 0 Å². The molecule has 18 nitrogen and oxygen atoms in total. The fourth-order valence-corrected chi connectivity index (χ4v) is 10.1. The number of carbonyl (C=O) groups is 2. The third-order valence-electron chi connectivity index (χ3n) is 15.6. The lowest BCUT2D eigenvalue weighted by molar-refractivity contribution is -0.333. The zero-order valence-corrected chi connectivity index (χ0v) is 48.6. The van der Waals surface area contributed by atoms with Crippen LogP contribution in [0.25, 0.3) is 0 Å². The molecule has 14 N–H and O–H groups in total. The molecule has 0 aliphatic carbocycles. The van der Waals surface area contributed by atoms with Crippen molar-refractivity contribution >= 4 is 17.9 Å². The molecule has 78 heavy (non-hydrogen) atoms. The molecule has 2 bridgehead atoms. The van der Waals surface area contributed by atoms with Crippen LogP contribution in [-0.2, 0) is 23.8 Å². The molecule has 2 aliphatic rings. The van der Waals surface area contributed by atoms with Crippen molar-refractivity contribution in [1.82, 2.24) is 0 Å². The zero-order chi connectivity index (χ0) is 58.7. The Morgan fingerprint density at radius 2 is 1.38 bits per heavy atom. The Labute approximate surface area is 466 Å². The number of guanidine groups is 1. The number of hydrogen-bond donors (Lipinski definition) is 12. The highest BCUT2D eigenvalue weighted by molar-refractivity contribution is 5.88. The Balaban J connectivity index is 2.45. The van der Waals surface area contributed by atoms with E-state index >= 15 is 0 Å². The third kappa shape index (κ3) is 27.3. The van der Waals surface area contributed by atoms with E-state index in [1.165, 1.54) is 0 Å². The molecular weight excluding hydrogens is 1000 g/mol. The number of ether oxygens (including phenoxy) is 3. The first-order chi connectivity index (χ1) is 36.6. The molecule has 18 atom stereocenters. The zero-order valence-electron chi connectivity index (χ0n) is 48.6. The highest BCUT2D eigenvalue weighted by atomic mass is 16.7. The van der Waals surface area contributed by atoms with E-state index in [1.807, 2.05) is 19.9 Å². The number of rotatable bonds is 15. The maximum atomic E-state index is 13.6. The van der Waals surface area contributed by atoms with Crippen molar-refractivity contribution in [3.8, 4) is 0 Å². The van der Waals surface area contributed by atoms with Crippen LogP contribution in [0.2, 0.25) is 0 Å². The van der Waals surface area contributed by atoms with Crippen molar-refractivity contribution in [2.45, 2.75) is 257 Å². The van der Waals surface area contributed by atoms with Gasteiger partial charge in [0.1, 0.15) is 18.3 Å². The summed E-state index contributed by atoms with van der Waals surface area (Å²) in [6.07, 6.45) is 6.50. The summed E-state index contributed by atoms with van der Waals surface area (Å²) in [5, 5.41) is 112. The van der Waals surface area contributed by atoms with Crippen LogP contribution in [0.3, 0.4) is 0 Å². The van der Waals surface area contributed by atoms with Crippen LogP contribution in [0, 0.1) is 35.5 Å². The van der Waals surface area contributed by atoms with Crippen molar-refractivity contribution < 1.29 is 74.9 Å². The van der Waals surface area contributed by atoms with E-state index in [0.29, 0.717) is 30.0 Å². The lowest BCUT2D eigenvalue weighted by Gasteiger charge is -2.45. The molecule has 1 saturated heterocycles. The highest BCUT2D eigenvalue weighted by Gasteiger charge is 2.50. The van der Waals surface area contributed by atoms with Gasteiger partial charge in [-0.1, -0.05) is 110 Å². The molecule has 2 heterocycles. The van der Waals surface area contributed by atoms with Gasteiger partial charge in [0.25, 0.3) is 0 Å². The van der Waals surface area contributed by atoms with Crippen LogP contribution >= 0.6 is 0 Å². The largest absolute Gasteiger partial charge is 0.462 e. The highest BCUT2D eigenvalue weighted by Crippen LogP contribution is 2.36. The van der Waals surface area contributed by atoms with Gasteiger partial charge in [-0.25, -0.2) is 4.79 Å². The number of nitrogens with zero attached hydrogens (tertiary/aromatic N) is 1. The van der Waals surface area contributed by atoms with E-state index in [0.717, 1.165) is 44.9 Å². The van der Waals surface area contributed by atoms with Gasteiger partial charge in [0.2, 0.25) is 0 Å². The summed E-state index contributed by atoms with van der Waals surface area (Å²) in [5.41, 5.74) is 11.7. The molecule has 0 amide bonds. The molecule has 0 unspecified atom stereocenters. The van der Waals surface area contributed by atoms with Gasteiger partial charge in [0.15, 0.2) is 11.7 Å². The topological polar surface area (TPSA) is 329 Å². The number of aliphatic hydroxyl groups excluding tert-OH is 9. The van der Waals surface area contributed by atoms with Gasteiger partial charge >= 0.3 is 11.9 Å². The molecule has 0 saturated carbocycles. The van der Waals surface area contributed by atoms with Crippen molar-refractivity contribution in [2.24, 2.45) is 52.0 Å². The van der Waals surface area contributed by atoms with Gasteiger partial charge in [0.05, 0.1) is 54.9 Å². The number of unbranched alkanes of at least 4 members (excludes halogenated alkanes) is 3. The first-order valence-corrected chi connectivity index (χ1v) is 29.0. The van der Waals surface area contributed by atoms with Crippen LogP contribution in [0.15, 0.2) is 64.7 Å². The van der Waals surface area contributed by atoms with Gasteiger partial charge in [-0.05, 0) is 95.0 Å². The molecule has 2 rings (SSSR count). The Kier molecular flexibility index (Phi) is 33.2. The van der Waals surface area contributed by atoms with Gasteiger partial charge in [-0.2, -0.15) is 0 Å². The van der Waals surface area contributed by atoms with Crippen LogP contribution in [0.4, 0.5) is 0 Å². The van der Waals surface area contributed by atoms with E-state index in [2.05, 4.69) is 31.0 Å². The van der Waals surface area contributed by atoms with Crippen LogP contribution in [0.5, 0.6) is 0 Å². The fourth-order valence-electron chi connectivity index (χ4n) is 10.1. The molecule has 0 radical (unpaired) electrons. The van der Waals surface area contributed by atoms with Crippen LogP contribution in [0.1, 0.15) is 178 Å². The lowest BCUT2D eigenvalue weighted by Crippen LogP contribution is -2.60. The maximum Gasteiger partial charge on any atom is 0.334 e. The molecule has 0 aromatic carbocycles. The monoisotopic (exact) mass is 1110 g/mol. The normalized spacial score (nSPS) is 37.2. The average molecular weight is 1110 g/mol. The van der Waals surface area contributed by atoms with E-state index in [9.17, 15) is 60.7 Å². The van der Waals surface area contributed by atoms with Crippen molar-refractivity contribution in [3.63, 3.8) is 0 Å². The number of allylic oxidation sites excluding steroid dienone is 6. The van der Waals surface area contributed by atoms with E-state index in [1.54, 1.807) is 65.0 Å². The number of esters is 2. The standard InChI is InChI=1S/C60H105N3O15/c1-37(2)20-15-16-26-55(72)76-47-31-45(64)30-46(65)32-50(67)38(3)22-18-24-42(7)56(41(6)21-14-12-10-11-13-17-29-63-59(61)62)77-58(74)43(8)25-19-23-39(4)51(68)35-52(69)44(9)49(66)28-27-40(5)54(71)36-60(75)57(73)53(70)34-48(33-47)78-60/h10-11,18-19,22-25,37,39-42,44-54,56-57,64-71,73,75H,12-17,20-21,26-36H2,1-9H3,(H4,61,62,63)/b11-10+,23-19+,24-18+,38-22+,43-25+/t39-,40-,41-,42+,44-,45+,46+,47-,48-,49+,50-,51-,52-,53+,54-,56-,57-,60+/m0/s1. The minimum atomic E-state index is -2.43. The molecule has 0 spiro atoms. The number of hydrogen-bond acceptors (Lipinski definition) is 16. The van der Waals surface area contributed by atoms with Crippen molar-refractivity contribution in [3.05, 3.63) is 59.8 Å². The van der Waals surface area contributed by atoms with Crippen molar-refractivity contribution in [2.75, 3.05) is 6.54 Å². The Morgan fingerprint density at radius 3 is 2.05 bits per heavy atom. The second kappa shape index (κ2) is 36.7. The smallest absolute Gasteiger partial charge is 0.334 e. The summed E-state index contributed by atoms with van der Waals surface area (Å²) < 4.78 is 18.1. The number of cyclic esters (lactones) is 1. The fraction of sp³-hybridized carbons (Fsp3) is 0.783. The summed E-state index contributed by atoms with van der Waals surface area (Å²) in [7, 11) is 0. The summed E-state index contributed by atoms with van der Waals surface area (Å²) in [6, 6.07) is 0. The molecule has 450 valence electrons. The van der Waals surface area contributed by atoms with Crippen LogP contribution < -0.4 is 11.5 Å². The second-order valence-corrected chi connectivity index (χ2v) is 23.4. The summed E-state index contributed by atoms with van der Waals surface area (Å²) in [6.45, 7) is 17.2. The number of nitrogens with two attached hydrogens (primary N) is 2. The summed E-state index contributed by atoms with van der Waals surface area (Å²) >= 11 is 0. The van der Waals surface area contributed by atoms with Gasteiger partial charge in [0, 0.05) is 74.8 Å². The maximum absolute atomic E-state index is 13.6. The van der Waals surface area contributed by atoms with E-state index in [-0.39, 0.29) is 75.6 Å². The van der Waals surface area contributed by atoms with Gasteiger partial charge in [-0.3, -0.25) is 9.79 Å². The lowest BCUT2D eigenvalue weighted by atomic mass is 9.84. The minimum Gasteiger partial charge on any atom is -0.462 e. The molecular formula is C60H105N3O15. The van der Waals surface area contributed by atoms with E-state index < -0.39 is 115 Å². The predicted octanol–water partition coefficient (Wildman–Crippen LogP) is 5.85. The van der Waals surface area contributed by atoms with E-state index in [4.69, 9.17) is 25.7 Å². The minimum absolute atomic E-state index is 0.0468. The van der Waals surface area contributed by atoms with Crippen LogP contribution in [-0.4, -0.2) is 155 Å². The summed E-state index contributed by atoms with van der Waals surface area (Å²) in [4.78, 5) is 30.9. The number of aliphatic imine (C=N–C) groups is 1. The van der Waals surface area contributed by atoms with Gasteiger partial charge < -0.3 is 76.7 Å². The first kappa shape index (κ1) is 70.6. The molecule has 2 aliphatic heterocycles. The Bertz CT molecular complexity index is 1910. The average Bonchev–Trinajstić information content (AvgIpc) is 3.36. The molecule has 1 fully saturated rings. The number of carbonyl (C=O) groups excluding carboxylic acids is 2. The van der Waals surface area contributed by atoms with Crippen molar-refractivity contribution in [1.29, 1.82) is 0 Å².